The monoisotopic (exact) mass is 429 g/mol. The number of carbonyl (C=O) groups excluding carboxylic acids is 1. The van der Waals surface area contributed by atoms with Crippen molar-refractivity contribution >= 4 is 34.6 Å². The third-order valence-corrected chi connectivity index (χ3v) is 6.36. The minimum atomic E-state index is -1.04. The van der Waals surface area contributed by atoms with Gasteiger partial charge in [0.1, 0.15) is 0 Å². The average molecular weight is 430 g/mol. The van der Waals surface area contributed by atoms with Gasteiger partial charge < -0.3 is 5.32 Å². The predicted octanol–water partition coefficient (Wildman–Crippen LogP) is 6.19. The number of nitrogens with zero attached hydrogens (tertiary/aromatic N) is 2. The van der Waals surface area contributed by atoms with Crippen molar-refractivity contribution in [3.63, 3.8) is 0 Å². The lowest BCUT2D eigenvalue weighted by molar-refractivity contribution is -0.120. The molecule has 3 aromatic rings. The van der Waals surface area contributed by atoms with Gasteiger partial charge in [-0.25, -0.2) is 5.01 Å². The Balaban J connectivity index is 1.86. The summed E-state index contributed by atoms with van der Waals surface area (Å²) >= 11 is 6.28. The van der Waals surface area contributed by atoms with Gasteiger partial charge in [0.05, 0.1) is 17.3 Å². The summed E-state index contributed by atoms with van der Waals surface area (Å²) in [7, 11) is 0. The van der Waals surface area contributed by atoms with E-state index >= 15 is 0 Å². The fourth-order valence-corrected chi connectivity index (χ4v) is 4.98. The fraction of sp³-hybridized carbons (Fsp3) is 0.231. The molecule has 5 heteroatoms. The van der Waals surface area contributed by atoms with Crippen LogP contribution in [0, 0.1) is 5.41 Å². The summed E-state index contributed by atoms with van der Waals surface area (Å²) in [5.74, 6) is -0.346. The summed E-state index contributed by atoms with van der Waals surface area (Å²) in [6.07, 6.45) is 0. The molecule has 2 aliphatic heterocycles. The molecule has 31 heavy (non-hydrogen) atoms. The Kier molecular flexibility index (Phi) is 4.45. The van der Waals surface area contributed by atoms with Crippen LogP contribution >= 0.6 is 11.6 Å². The van der Waals surface area contributed by atoms with Gasteiger partial charge in [-0.05, 0) is 29.8 Å². The number of hydrogen-bond donors (Lipinski definition) is 1. The second-order valence-electron chi connectivity index (χ2n) is 9.14. The van der Waals surface area contributed by atoms with Crippen molar-refractivity contribution in [2.75, 3.05) is 10.3 Å². The Morgan fingerprint density at radius 2 is 1.61 bits per heavy atom. The molecule has 0 aromatic heterocycles. The topological polar surface area (TPSA) is 44.7 Å². The van der Waals surface area contributed by atoms with Crippen molar-refractivity contribution < 1.29 is 4.79 Å². The van der Waals surface area contributed by atoms with Crippen LogP contribution in [0.1, 0.15) is 37.8 Å². The molecular weight excluding hydrogens is 406 g/mol. The van der Waals surface area contributed by atoms with Crippen LogP contribution in [0.25, 0.3) is 0 Å². The molecule has 3 aromatic carbocycles. The van der Waals surface area contributed by atoms with Crippen LogP contribution in [-0.2, 0) is 10.3 Å². The molecule has 2 heterocycles. The van der Waals surface area contributed by atoms with E-state index in [-0.39, 0.29) is 17.2 Å². The zero-order valence-corrected chi connectivity index (χ0v) is 18.5. The summed E-state index contributed by atoms with van der Waals surface area (Å²) in [5.41, 5.74) is 3.26. The minimum absolute atomic E-state index is 0.0922. The number of anilines is 2. The Bertz CT molecular complexity index is 1180. The van der Waals surface area contributed by atoms with Crippen LogP contribution in [0.5, 0.6) is 0 Å². The van der Waals surface area contributed by atoms with Crippen LogP contribution in [0.2, 0.25) is 5.02 Å². The van der Waals surface area contributed by atoms with Crippen LogP contribution in [-0.4, -0.2) is 11.6 Å². The van der Waals surface area contributed by atoms with E-state index in [2.05, 4.69) is 38.2 Å². The fourth-order valence-electron chi connectivity index (χ4n) is 4.81. The Morgan fingerprint density at radius 1 is 0.968 bits per heavy atom. The van der Waals surface area contributed by atoms with Gasteiger partial charge in [0, 0.05) is 21.7 Å². The van der Waals surface area contributed by atoms with E-state index < -0.39 is 5.54 Å². The van der Waals surface area contributed by atoms with E-state index in [1.807, 2.05) is 71.7 Å². The van der Waals surface area contributed by atoms with Crippen molar-refractivity contribution in [2.45, 2.75) is 32.2 Å². The van der Waals surface area contributed by atoms with Gasteiger partial charge in [-0.15, -0.1) is 0 Å². The molecule has 0 aliphatic carbocycles. The molecule has 0 saturated carbocycles. The normalized spacial score (nSPS) is 22.5. The van der Waals surface area contributed by atoms with Crippen molar-refractivity contribution in [2.24, 2.45) is 10.5 Å². The third-order valence-electron chi connectivity index (χ3n) is 6.12. The Hall–Kier alpha value is -3.11. The standard InChI is InChI=1S/C26H24ClN3O/c1-25(2,3)23-22(17-10-6-4-7-11-17)26(30(29-23)19-12-8-5-9-13-19)20-15-14-18(27)16-21(20)28-24(26)31/h4-16,22H,1-3H3,(H,28,31)/t22-,26-/m0/s1. The molecule has 0 unspecified atom stereocenters. The Labute approximate surface area is 187 Å². The summed E-state index contributed by atoms with van der Waals surface area (Å²) in [5, 5.41) is 10.8. The molecule has 1 amide bonds. The van der Waals surface area contributed by atoms with Crippen LogP contribution in [0.15, 0.2) is 84.0 Å². The number of carbonyl (C=O) groups is 1. The summed E-state index contributed by atoms with van der Waals surface area (Å²) < 4.78 is 0. The second kappa shape index (κ2) is 6.96. The number of nitrogens with one attached hydrogen (secondary N) is 1. The number of hydrogen-bond acceptors (Lipinski definition) is 3. The van der Waals surface area contributed by atoms with Gasteiger partial charge in [0.2, 0.25) is 0 Å². The maximum absolute atomic E-state index is 13.9. The zero-order valence-electron chi connectivity index (χ0n) is 17.8. The molecule has 0 fully saturated rings. The first-order valence-corrected chi connectivity index (χ1v) is 10.8. The molecular formula is C26H24ClN3O. The predicted molar refractivity (Wildman–Crippen MR) is 127 cm³/mol. The molecule has 0 radical (unpaired) electrons. The quantitative estimate of drug-likeness (QED) is 0.527. The van der Waals surface area contributed by atoms with Crippen LogP contribution in [0.3, 0.4) is 0 Å². The van der Waals surface area contributed by atoms with Crippen molar-refractivity contribution in [1.29, 1.82) is 0 Å². The first-order chi connectivity index (χ1) is 14.8. The summed E-state index contributed by atoms with van der Waals surface area (Å²) in [4.78, 5) is 13.9. The van der Waals surface area contributed by atoms with Gasteiger partial charge in [-0.2, -0.15) is 5.10 Å². The molecule has 156 valence electrons. The first-order valence-electron chi connectivity index (χ1n) is 10.4. The lowest BCUT2D eigenvalue weighted by Gasteiger charge is -2.38. The SMILES string of the molecule is CC(C)(C)C1=NN(c2ccccc2)[C@]2(C(=O)Nc3cc(Cl)ccc32)[C@H]1c1ccccc1. The molecule has 4 nitrogen and oxygen atoms in total. The summed E-state index contributed by atoms with van der Waals surface area (Å²) in [6, 6.07) is 25.8. The molecule has 1 N–H and O–H groups in total. The molecule has 5 rings (SSSR count). The lowest BCUT2D eigenvalue weighted by atomic mass is 9.68. The van der Waals surface area contributed by atoms with Gasteiger partial charge in [-0.1, -0.05) is 87.0 Å². The highest BCUT2D eigenvalue weighted by molar-refractivity contribution is 6.31. The van der Waals surface area contributed by atoms with Crippen LogP contribution in [0.4, 0.5) is 11.4 Å². The smallest absolute Gasteiger partial charge is 0.258 e. The van der Waals surface area contributed by atoms with E-state index in [0.29, 0.717) is 5.02 Å². The zero-order chi connectivity index (χ0) is 21.8. The molecule has 2 atom stereocenters. The van der Waals surface area contributed by atoms with Crippen molar-refractivity contribution in [3.8, 4) is 0 Å². The maximum Gasteiger partial charge on any atom is 0.258 e. The number of para-hydroxylation sites is 1. The van der Waals surface area contributed by atoms with Gasteiger partial charge in [0.15, 0.2) is 5.54 Å². The van der Waals surface area contributed by atoms with Gasteiger partial charge >= 0.3 is 0 Å². The molecule has 2 aliphatic rings. The highest BCUT2D eigenvalue weighted by Crippen LogP contribution is 2.57. The highest BCUT2D eigenvalue weighted by Gasteiger charge is 2.63. The first kappa shape index (κ1) is 19.8. The Morgan fingerprint density at radius 3 is 2.26 bits per heavy atom. The number of benzene rings is 3. The van der Waals surface area contributed by atoms with E-state index in [1.54, 1.807) is 0 Å². The lowest BCUT2D eigenvalue weighted by Crippen LogP contribution is -2.51. The van der Waals surface area contributed by atoms with E-state index in [4.69, 9.17) is 16.7 Å². The largest absolute Gasteiger partial charge is 0.323 e. The highest BCUT2D eigenvalue weighted by atomic mass is 35.5. The average Bonchev–Trinajstić information content (AvgIpc) is 3.25. The van der Waals surface area contributed by atoms with Gasteiger partial charge in [-0.3, -0.25) is 4.79 Å². The summed E-state index contributed by atoms with van der Waals surface area (Å²) in [6.45, 7) is 6.46. The van der Waals surface area contributed by atoms with E-state index in [0.717, 1.165) is 28.2 Å². The van der Waals surface area contributed by atoms with E-state index in [9.17, 15) is 4.79 Å². The van der Waals surface area contributed by atoms with Crippen molar-refractivity contribution in [1.82, 2.24) is 0 Å². The number of amides is 1. The molecule has 0 bridgehead atoms. The maximum atomic E-state index is 13.9. The molecule has 1 spiro atoms. The van der Waals surface area contributed by atoms with Crippen LogP contribution < -0.4 is 10.3 Å². The number of rotatable bonds is 2. The minimum Gasteiger partial charge on any atom is -0.323 e. The number of fused-ring (bicyclic) bond motifs is 2. The number of halogens is 1. The van der Waals surface area contributed by atoms with Crippen molar-refractivity contribution in [3.05, 3.63) is 95.0 Å². The van der Waals surface area contributed by atoms with E-state index in [1.165, 1.54) is 0 Å². The second-order valence-corrected chi connectivity index (χ2v) is 9.57. The number of hydrazone groups is 1. The van der Waals surface area contributed by atoms with Gasteiger partial charge in [0.25, 0.3) is 5.91 Å². The third kappa shape index (κ3) is 2.89. The molecule has 0 saturated heterocycles.